The quantitative estimate of drug-likeness (QED) is 0.755. The zero-order valence-electron chi connectivity index (χ0n) is 15.6. The number of hydrogen-bond acceptors (Lipinski definition) is 6. The van der Waals surface area contributed by atoms with Gasteiger partial charge in [0.2, 0.25) is 5.95 Å². The van der Waals surface area contributed by atoms with Gasteiger partial charge in [0.25, 0.3) is 5.91 Å². The van der Waals surface area contributed by atoms with Crippen molar-refractivity contribution >= 4 is 23.2 Å². The molecule has 1 aliphatic heterocycles. The summed E-state index contributed by atoms with van der Waals surface area (Å²) in [6.45, 7) is 9.86. The summed E-state index contributed by atoms with van der Waals surface area (Å²) in [4.78, 5) is 27.6. The molecule has 3 rings (SSSR count). The highest BCUT2D eigenvalue weighted by Gasteiger charge is 2.18. The Kier molecular flexibility index (Phi) is 6.57. The molecule has 0 bridgehead atoms. The maximum absolute atomic E-state index is 12.2. The monoisotopic (exact) mass is 373 g/mol. The van der Waals surface area contributed by atoms with Crippen LogP contribution in [0.5, 0.6) is 0 Å². The highest BCUT2D eigenvalue weighted by atomic mass is 32.1. The number of thiophene rings is 1. The lowest BCUT2D eigenvalue weighted by molar-refractivity contribution is 0.0955. The van der Waals surface area contributed by atoms with Gasteiger partial charge in [0.05, 0.1) is 4.88 Å². The third-order valence-corrected chi connectivity index (χ3v) is 5.86. The molecule has 140 valence electrons. The van der Waals surface area contributed by atoms with Crippen LogP contribution < -0.4 is 10.2 Å². The van der Waals surface area contributed by atoms with Gasteiger partial charge in [0, 0.05) is 50.0 Å². The zero-order chi connectivity index (χ0) is 18.4. The van der Waals surface area contributed by atoms with Gasteiger partial charge in [-0.25, -0.2) is 9.97 Å². The first-order valence-corrected chi connectivity index (χ1v) is 10.1. The summed E-state index contributed by atoms with van der Waals surface area (Å²) in [5.74, 6) is 0.876. The first kappa shape index (κ1) is 18.8. The van der Waals surface area contributed by atoms with E-state index in [0.717, 1.165) is 62.9 Å². The van der Waals surface area contributed by atoms with E-state index in [4.69, 9.17) is 0 Å². The van der Waals surface area contributed by atoms with Gasteiger partial charge in [0.1, 0.15) is 0 Å². The van der Waals surface area contributed by atoms with Crippen LogP contribution in [0.4, 0.5) is 5.95 Å². The van der Waals surface area contributed by atoms with E-state index in [9.17, 15) is 4.79 Å². The first-order valence-electron chi connectivity index (χ1n) is 9.29. The Morgan fingerprint density at radius 2 is 1.96 bits per heavy atom. The van der Waals surface area contributed by atoms with Crippen LogP contribution >= 0.6 is 11.3 Å². The summed E-state index contributed by atoms with van der Waals surface area (Å²) in [6, 6.07) is 3.87. The predicted octanol–water partition coefficient (Wildman–Crippen LogP) is 2.35. The van der Waals surface area contributed by atoms with Crippen LogP contribution in [-0.4, -0.2) is 60.0 Å². The topological polar surface area (TPSA) is 61.4 Å². The van der Waals surface area contributed by atoms with Crippen molar-refractivity contribution in [3.05, 3.63) is 39.8 Å². The third-order valence-electron chi connectivity index (χ3n) is 4.77. The molecule has 2 aromatic rings. The number of carbonyl (C=O) groups is 1. The molecule has 6 nitrogen and oxygen atoms in total. The number of nitrogens with zero attached hydrogens (tertiary/aromatic N) is 4. The lowest BCUT2D eigenvalue weighted by Crippen LogP contribution is -2.47. The molecule has 0 radical (unpaired) electrons. The minimum atomic E-state index is 0.0591. The Morgan fingerprint density at radius 1 is 1.23 bits per heavy atom. The fourth-order valence-electron chi connectivity index (χ4n) is 3.20. The van der Waals surface area contributed by atoms with Crippen LogP contribution in [0.2, 0.25) is 0 Å². The fourth-order valence-corrected chi connectivity index (χ4v) is 4.23. The molecule has 3 heterocycles. The largest absolute Gasteiger partial charge is 0.351 e. The smallest absolute Gasteiger partial charge is 0.261 e. The number of aryl methyl sites for hydroxylation is 2. The number of amides is 1. The molecule has 1 fully saturated rings. The molecule has 0 atom stereocenters. The number of aromatic nitrogens is 2. The Labute approximate surface area is 159 Å². The molecule has 1 N–H and O–H groups in total. The van der Waals surface area contributed by atoms with E-state index >= 15 is 0 Å². The van der Waals surface area contributed by atoms with E-state index in [1.54, 1.807) is 23.7 Å². The fraction of sp³-hybridized carbons (Fsp3) is 0.526. The minimum absolute atomic E-state index is 0.0591. The molecular weight excluding hydrogens is 346 g/mol. The van der Waals surface area contributed by atoms with Crippen molar-refractivity contribution in [3.63, 3.8) is 0 Å². The number of anilines is 1. The van der Waals surface area contributed by atoms with E-state index in [1.807, 2.05) is 12.1 Å². The van der Waals surface area contributed by atoms with Crippen molar-refractivity contribution in [1.82, 2.24) is 20.2 Å². The summed E-state index contributed by atoms with van der Waals surface area (Å²) in [5.41, 5.74) is 1.28. The molecule has 26 heavy (non-hydrogen) atoms. The van der Waals surface area contributed by atoms with Gasteiger partial charge in [0.15, 0.2) is 0 Å². The molecule has 7 heteroatoms. The molecule has 1 aliphatic rings. The van der Waals surface area contributed by atoms with E-state index in [-0.39, 0.29) is 5.91 Å². The van der Waals surface area contributed by atoms with Crippen molar-refractivity contribution in [2.24, 2.45) is 0 Å². The molecule has 0 unspecified atom stereocenters. The molecule has 0 saturated carbocycles. The second kappa shape index (κ2) is 9.09. The Bertz CT molecular complexity index is 710. The molecule has 0 aromatic carbocycles. The van der Waals surface area contributed by atoms with Gasteiger partial charge >= 0.3 is 0 Å². The summed E-state index contributed by atoms with van der Waals surface area (Å²) < 4.78 is 0. The van der Waals surface area contributed by atoms with Gasteiger partial charge in [-0.05, 0) is 44.0 Å². The van der Waals surface area contributed by atoms with Gasteiger partial charge in [-0.3, -0.25) is 9.69 Å². The van der Waals surface area contributed by atoms with Crippen molar-refractivity contribution in [2.75, 3.05) is 44.2 Å². The second-order valence-electron chi connectivity index (χ2n) is 6.53. The third kappa shape index (κ3) is 4.80. The second-order valence-corrected chi connectivity index (χ2v) is 7.79. The molecule has 0 aliphatic carbocycles. The van der Waals surface area contributed by atoms with E-state index in [2.05, 4.69) is 38.9 Å². The predicted molar refractivity (Wildman–Crippen MR) is 106 cm³/mol. The van der Waals surface area contributed by atoms with Gasteiger partial charge in [-0.15, -0.1) is 11.3 Å². The van der Waals surface area contributed by atoms with Crippen molar-refractivity contribution in [2.45, 2.75) is 26.7 Å². The lowest BCUT2D eigenvalue weighted by atomic mass is 10.2. The average Bonchev–Trinajstić information content (AvgIpc) is 3.07. The van der Waals surface area contributed by atoms with Crippen LogP contribution in [0.3, 0.4) is 0 Å². The number of rotatable bonds is 7. The van der Waals surface area contributed by atoms with Crippen molar-refractivity contribution in [1.29, 1.82) is 0 Å². The summed E-state index contributed by atoms with van der Waals surface area (Å²) in [6.07, 6.45) is 5.53. The normalized spacial score (nSPS) is 15.2. The van der Waals surface area contributed by atoms with E-state index in [1.165, 1.54) is 10.4 Å². The minimum Gasteiger partial charge on any atom is -0.351 e. The first-order chi connectivity index (χ1) is 12.7. The number of nitrogens with one attached hydrogen (secondary N) is 1. The van der Waals surface area contributed by atoms with Gasteiger partial charge < -0.3 is 10.2 Å². The van der Waals surface area contributed by atoms with Gasteiger partial charge in [-0.1, -0.05) is 6.92 Å². The molecular formula is C19H27N5OS. The van der Waals surface area contributed by atoms with Crippen molar-refractivity contribution in [3.8, 4) is 0 Å². The highest BCUT2D eigenvalue weighted by Crippen LogP contribution is 2.21. The average molecular weight is 374 g/mol. The lowest BCUT2D eigenvalue weighted by Gasteiger charge is -2.34. The highest BCUT2D eigenvalue weighted by molar-refractivity contribution is 7.14. The zero-order valence-corrected chi connectivity index (χ0v) is 16.4. The van der Waals surface area contributed by atoms with E-state index < -0.39 is 0 Å². The number of piperazine rings is 1. The summed E-state index contributed by atoms with van der Waals surface area (Å²) in [7, 11) is 0. The summed E-state index contributed by atoms with van der Waals surface area (Å²) in [5, 5.41) is 3.05. The number of carbonyl (C=O) groups excluding carboxylic acids is 1. The Morgan fingerprint density at radius 3 is 2.62 bits per heavy atom. The SMILES string of the molecule is CCc1cc(C(=O)NCCCN2CCN(c3ncccn3)CC2)sc1C. The number of hydrogen-bond donors (Lipinski definition) is 1. The molecule has 2 aromatic heterocycles. The molecule has 1 amide bonds. The molecule has 0 spiro atoms. The molecule has 1 saturated heterocycles. The maximum atomic E-state index is 12.2. The Balaban J connectivity index is 1.35. The van der Waals surface area contributed by atoms with Gasteiger partial charge in [-0.2, -0.15) is 0 Å². The Hall–Kier alpha value is -1.99. The standard InChI is InChI=1S/C19H27N5OS/c1-3-16-14-17(26-15(16)2)18(25)20-8-5-9-23-10-12-24(13-11-23)19-21-6-4-7-22-19/h4,6-7,14H,3,5,8-13H2,1-2H3,(H,20,25). The van der Waals surface area contributed by atoms with Crippen molar-refractivity contribution < 1.29 is 4.79 Å². The van der Waals surface area contributed by atoms with Crippen LogP contribution in [0.1, 0.15) is 33.5 Å². The van der Waals surface area contributed by atoms with Crippen LogP contribution in [-0.2, 0) is 6.42 Å². The van der Waals surface area contributed by atoms with Crippen LogP contribution in [0.25, 0.3) is 0 Å². The summed E-state index contributed by atoms with van der Waals surface area (Å²) >= 11 is 1.59. The van der Waals surface area contributed by atoms with Crippen LogP contribution in [0.15, 0.2) is 24.5 Å². The van der Waals surface area contributed by atoms with Crippen LogP contribution in [0, 0.1) is 6.92 Å². The van der Waals surface area contributed by atoms with E-state index in [0.29, 0.717) is 0 Å². The maximum Gasteiger partial charge on any atom is 0.261 e.